The fraction of sp³-hybridized carbons (Fsp3) is 0.538. The van der Waals surface area contributed by atoms with Gasteiger partial charge >= 0.3 is 0 Å². The summed E-state index contributed by atoms with van der Waals surface area (Å²) in [5.41, 5.74) is 1.02. The molecule has 0 aromatic carbocycles. The van der Waals surface area contributed by atoms with E-state index in [-0.39, 0.29) is 17.8 Å². The van der Waals surface area contributed by atoms with Crippen molar-refractivity contribution >= 4 is 5.78 Å². The molecule has 1 aliphatic heterocycles. The molecule has 16 heavy (non-hydrogen) atoms. The van der Waals surface area contributed by atoms with E-state index in [1.165, 1.54) is 0 Å². The number of ether oxygens (including phenoxy) is 1. The number of Topliss-reactive ketones (excluding diaryl/α,β-unsaturated/α-hetero) is 1. The van der Waals surface area contributed by atoms with E-state index in [1.807, 2.05) is 19.1 Å². The highest BCUT2D eigenvalue weighted by Crippen LogP contribution is 2.27. The molecule has 2 rings (SSSR count). The molecule has 0 saturated carbocycles. The molecule has 0 bridgehead atoms. The predicted octanol–water partition coefficient (Wildman–Crippen LogP) is 2.18. The molecular weight excluding hydrogens is 202 g/mol. The Hall–Kier alpha value is -1.22. The van der Waals surface area contributed by atoms with E-state index in [4.69, 9.17) is 4.74 Å². The maximum atomic E-state index is 12.2. The maximum absolute atomic E-state index is 12.2. The Bertz CT molecular complexity index is 363. The number of carbonyl (C=O) groups is 1. The Labute approximate surface area is 95.8 Å². The number of nitrogens with zero attached hydrogens (tertiary/aromatic N) is 1. The van der Waals surface area contributed by atoms with Gasteiger partial charge < -0.3 is 4.74 Å². The lowest BCUT2D eigenvalue weighted by molar-refractivity contribution is -0.130. The highest BCUT2D eigenvalue weighted by molar-refractivity contribution is 5.89. The van der Waals surface area contributed by atoms with Crippen LogP contribution in [0.1, 0.15) is 31.7 Å². The van der Waals surface area contributed by atoms with Crippen LogP contribution in [0.25, 0.3) is 0 Å². The monoisotopic (exact) mass is 219 g/mol. The van der Waals surface area contributed by atoms with Crippen LogP contribution in [-0.2, 0) is 9.53 Å². The van der Waals surface area contributed by atoms with Crippen LogP contribution in [0.2, 0.25) is 0 Å². The summed E-state index contributed by atoms with van der Waals surface area (Å²) in [7, 11) is 0. The van der Waals surface area contributed by atoms with Crippen molar-refractivity contribution < 1.29 is 9.53 Å². The molecule has 0 aliphatic carbocycles. The van der Waals surface area contributed by atoms with Crippen molar-refractivity contribution in [3.8, 4) is 0 Å². The zero-order valence-corrected chi connectivity index (χ0v) is 9.72. The number of carbonyl (C=O) groups excluding carboxylic acids is 1. The molecule has 1 saturated heterocycles. The summed E-state index contributed by atoms with van der Waals surface area (Å²) >= 11 is 0. The van der Waals surface area contributed by atoms with Gasteiger partial charge in [0.25, 0.3) is 0 Å². The molecular formula is C13H17NO2. The summed E-state index contributed by atoms with van der Waals surface area (Å²) in [5, 5.41) is 0. The normalized spacial score (nSPS) is 26.6. The second-order valence-corrected chi connectivity index (χ2v) is 4.46. The van der Waals surface area contributed by atoms with Crippen LogP contribution in [0.4, 0.5) is 0 Å². The fourth-order valence-electron chi connectivity index (χ4n) is 2.12. The van der Waals surface area contributed by atoms with E-state index in [1.54, 1.807) is 12.4 Å². The molecule has 0 radical (unpaired) electrons. The van der Waals surface area contributed by atoms with Crippen LogP contribution in [0.3, 0.4) is 0 Å². The van der Waals surface area contributed by atoms with Crippen LogP contribution in [0.5, 0.6) is 0 Å². The third-order valence-corrected chi connectivity index (χ3v) is 3.30. The van der Waals surface area contributed by atoms with Gasteiger partial charge in [0.1, 0.15) is 6.10 Å². The molecule has 3 nitrogen and oxygen atoms in total. The first-order valence-corrected chi connectivity index (χ1v) is 5.75. The molecule has 0 spiro atoms. The Morgan fingerprint density at radius 3 is 2.75 bits per heavy atom. The summed E-state index contributed by atoms with van der Waals surface area (Å²) in [4.78, 5) is 16.2. The Morgan fingerprint density at radius 2 is 2.19 bits per heavy atom. The Balaban J connectivity index is 2.10. The highest BCUT2D eigenvalue weighted by Gasteiger charge is 2.33. The number of ketones is 1. The van der Waals surface area contributed by atoms with E-state index in [9.17, 15) is 4.79 Å². The predicted molar refractivity (Wildman–Crippen MR) is 61.2 cm³/mol. The molecule has 3 atom stereocenters. The molecule has 1 aromatic heterocycles. The molecule has 1 aliphatic rings. The Morgan fingerprint density at radius 1 is 1.50 bits per heavy atom. The van der Waals surface area contributed by atoms with Crippen molar-refractivity contribution in [2.45, 2.75) is 32.3 Å². The van der Waals surface area contributed by atoms with Gasteiger partial charge in [-0.2, -0.15) is 0 Å². The first kappa shape index (κ1) is 11.3. The van der Waals surface area contributed by atoms with Gasteiger partial charge in [-0.3, -0.25) is 9.78 Å². The van der Waals surface area contributed by atoms with Gasteiger partial charge in [0.15, 0.2) is 5.78 Å². The molecule has 0 amide bonds. The van der Waals surface area contributed by atoms with Crippen LogP contribution in [-0.4, -0.2) is 23.5 Å². The van der Waals surface area contributed by atoms with Gasteiger partial charge in [0.2, 0.25) is 0 Å². The van der Waals surface area contributed by atoms with Gasteiger partial charge in [-0.05, 0) is 30.0 Å². The number of aromatic nitrogens is 1. The summed E-state index contributed by atoms with van der Waals surface area (Å²) in [6, 6.07) is 3.78. The van der Waals surface area contributed by atoms with Gasteiger partial charge in [-0.25, -0.2) is 0 Å². The molecule has 3 unspecified atom stereocenters. The van der Waals surface area contributed by atoms with Crippen molar-refractivity contribution in [1.82, 2.24) is 4.98 Å². The highest BCUT2D eigenvalue weighted by atomic mass is 16.5. The average Bonchev–Trinajstić information content (AvgIpc) is 2.75. The van der Waals surface area contributed by atoms with Crippen LogP contribution in [0, 0.1) is 5.92 Å². The van der Waals surface area contributed by atoms with Gasteiger partial charge in [0, 0.05) is 24.9 Å². The fourth-order valence-corrected chi connectivity index (χ4v) is 2.12. The van der Waals surface area contributed by atoms with Crippen molar-refractivity contribution in [3.63, 3.8) is 0 Å². The SMILES string of the molecule is CC(C(=O)C1OCCC1C)c1ccncc1. The van der Waals surface area contributed by atoms with E-state index in [0.29, 0.717) is 12.5 Å². The summed E-state index contributed by atoms with van der Waals surface area (Å²) < 4.78 is 5.50. The molecule has 1 aromatic rings. The van der Waals surface area contributed by atoms with E-state index < -0.39 is 0 Å². The number of hydrogen-bond donors (Lipinski definition) is 0. The largest absolute Gasteiger partial charge is 0.370 e. The maximum Gasteiger partial charge on any atom is 0.168 e. The summed E-state index contributed by atoms with van der Waals surface area (Å²) in [6.07, 6.45) is 4.21. The van der Waals surface area contributed by atoms with Crippen molar-refractivity contribution in [1.29, 1.82) is 0 Å². The second kappa shape index (κ2) is 4.74. The van der Waals surface area contributed by atoms with Gasteiger partial charge in [-0.1, -0.05) is 13.8 Å². The quantitative estimate of drug-likeness (QED) is 0.782. The van der Waals surface area contributed by atoms with Crippen LogP contribution < -0.4 is 0 Å². The molecule has 1 fully saturated rings. The number of rotatable bonds is 3. The van der Waals surface area contributed by atoms with Gasteiger partial charge in [-0.15, -0.1) is 0 Å². The average molecular weight is 219 g/mol. The van der Waals surface area contributed by atoms with Gasteiger partial charge in [0.05, 0.1) is 0 Å². The van der Waals surface area contributed by atoms with Crippen LogP contribution >= 0.6 is 0 Å². The topological polar surface area (TPSA) is 39.2 Å². The van der Waals surface area contributed by atoms with E-state index >= 15 is 0 Å². The lowest BCUT2D eigenvalue weighted by Crippen LogP contribution is -2.29. The van der Waals surface area contributed by atoms with Crippen molar-refractivity contribution in [2.24, 2.45) is 5.92 Å². The third-order valence-electron chi connectivity index (χ3n) is 3.30. The smallest absolute Gasteiger partial charge is 0.168 e. The Kier molecular flexibility index (Phi) is 3.34. The minimum absolute atomic E-state index is 0.103. The molecule has 0 N–H and O–H groups in total. The van der Waals surface area contributed by atoms with Crippen LogP contribution in [0.15, 0.2) is 24.5 Å². The standard InChI is InChI=1S/C13H17NO2/c1-9-5-8-16-13(9)12(15)10(2)11-3-6-14-7-4-11/h3-4,6-7,9-10,13H,5,8H2,1-2H3. The number of pyridine rings is 1. The zero-order valence-electron chi connectivity index (χ0n) is 9.72. The summed E-state index contributed by atoms with van der Waals surface area (Å²) in [6.45, 7) is 4.72. The zero-order chi connectivity index (χ0) is 11.5. The minimum Gasteiger partial charge on any atom is -0.370 e. The lowest BCUT2D eigenvalue weighted by atomic mass is 9.89. The molecule has 86 valence electrons. The van der Waals surface area contributed by atoms with E-state index in [0.717, 1.165) is 12.0 Å². The first-order chi connectivity index (χ1) is 7.70. The summed E-state index contributed by atoms with van der Waals surface area (Å²) in [5.74, 6) is 0.432. The lowest BCUT2D eigenvalue weighted by Gasteiger charge is -2.18. The molecule has 3 heteroatoms. The molecule has 2 heterocycles. The first-order valence-electron chi connectivity index (χ1n) is 5.75. The van der Waals surface area contributed by atoms with Crippen molar-refractivity contribution in [2.75, 3.05) is 6.61 Å². The number of hydrogen-bond acceptors (Lipinski definition) is 3. The van der Waals surface area contributed by atoms with E-state index in [2.05, 4.69) is 11.9 Å². The second-order valence-electron chi connectivity index (χ2n) is 4.46. The third kappa shape index (κ3) is 2.14. The van der Waals surface area contributed by atoms with Crippen molar-refractivity contribution in [3.05, 3.63) is 30.1 Å². The minimum atomic E-state index is -0.219.